The summed E-state index contributed by atoms with van der Waals surface area (Å²) in [4.78, 5) is 17.6. The lowest BCUT2D eigenvalue weighted by Crippen LogP contribution is -2.57. The van der Waals surface area contributed by atoms with Crippen molar-refractivity contribution in [2.45, 2.75) is 38.5 Å². The van der Waals surface area contributed by atoms with Gasteiger partial charge >= 0.3 is 0 Å². The van der Waals surface area contributed by atoms with Gasteiger partial charge in [-0.05, 0) is 50.0 Å². The van der Waals surface area contributed by atoms with Gasteiger partial charge in [-0.15, -0.1) is 5.10 Å². The molecule has 3 aliphatic heterocycles. The Balaban J connectivity index is 1.14. The number of piperidine rings is 3. The number of carbonyl (C=O) groups is 1. The predicted octanol–water partition coefficient (Wildman–Crippen LogP) is 2.96. The summed E-state index contributed by atoms with van der Waals surface area (Å²) in [6.45, 7) is 4.21. The van der Waals surface area contributed by atoms with Crippen LogP contribution in [0.5, 0.6) is 5.75 Å². The fraction of sp³-hybridized carbons (Fsp3) is 0.423. The molecule has 3 aromatic rings. The molecule has 1 amide bonds. The van der Waals surface area contributed by atoms with Gasteiger partial charge in [-0.25, -0.2) is 0 Å². The SMILES string of the molecule is CN(Cc1ccccc1)Cc1cn(C[C@H]2CC3CCN2C[C@@H]3C(=O)Nc2cccc(O)c2)nn1. The normalized spacial score (nSPS) is 23.8. The lowest BCUT2D eigenvalue weighted by molar-refractivity contribution is -0.127. The van der Waals surface area contributed by atoms with Crippen molar-refractivity contribution >= 4 is 11.6 Å². The average Bonchev–Trinajstić information content (AvgIpc) is 3.26. The van der Waals surface area contributed by atoms with Crippen LogP contribution in [0.15, 0.2) is 60.8 Å². The number of rotatable bonds is 8. The van der Waals surface area contributed by atoms with Gasteiger partial charge in [0.05, 0.1) is 18.2 Å². The molecule has 8 nitrogen and oxygen atoms in total. The van der Waals surface area contributed by atoms with Crippen LogP contribution in [-0.4, -0.2) is 62.0 Å². The molecule has 2 unspecified atom stereocenters. The molecule has 2 bridgehead atoms. The number of aromatic hydroxyl groups is 1. The van der Waals surface area contributed by atoms with Crippen LogP contribution < -0.4 is 5.32 Å². The molecule has 0 radical (unpaired) electrons. The number of aromatic nitrogens is 3. The zero-order valence-electron chi connectivity index (χ0n) is 19.5. The van der Waals surface area contributed by atoms with E-state index in [0.717, 1.165) is 51.3 Å². The molecule has 0 saturated carbocycles. The summed E-state index contributed by atoms with van der Waals surface area (Å²) < 4.78 is 1.96. The van der Waals surface area contributed by atoms with Gasteiger partial charge in [0.1, 0.15) is 5.75 Å². The maximum absolute atomic E-state index is 12.9. The van der Waals surface area contributed by atoms with Crippen LogP contribution in [0.2, 0.25) is 0 Å². The van der Waals surface area contributed by atoms with Crippen molar-refractivity contribution in [1.82, 2.24) is 24.8 Å². The maximum Gasteiger partial charge on any atom is 0.229 e. The Morgan fingerprint density at radius 1 is 1.18 bits per heavy atom. The Hall–Kier alpha value is -3.23. The minimum Gasteiger partial charge on any atom is -0.508 e. The van der Waals surface area contributed by atoms with Crippen LogP contribution in [0.4, 0.5) is 5.69 Å². The molecule has 8 heteroatoms. The fourth-order valence-electron chi connectivity index (χ4n) is 5.39. The number of anilines is 1. The molecule has 34 heavy (non-hydrogen) atoms. The van der Waals surface area contributed by atoms with Gasteiger partial charge < -0.3 is 10.4 Å². The molecule has 178 valence electrons. The summed E-state index contributed by atoms with van der Waals surface area (Å²) >= 11 is 0. The molecular weight excluding hydrogens is 428 g/mol. The number of hydrogen-bond acceptors (Lipinski definition) is 6. The van der Waals surface area contributed by atoms with Crippen LogP contribution >= 0.6 is 0 Å². The van der Waals surface area contributed by atoms with Crippen LogP contribution in [0.1, 0.15) is 24.1 Å². The molecule has 6 rings (SSSR count). The Labute approximate surface area is 200 Å². The van der Waals surface area contributed by atoms with Gasteiger partial charge in [0.25, 0.3) is 0 Å². The molecule has 4 atom stereocenters. The smallest absolute Gasteiger partial charge is 0.229 e. The highest BCUT2D eigenvalue weighted by atomic mass is 16.3. The molecule has 2 N–H and O–H groups in total. The molecule has 1 aromatic heterocycles. The van der Waals surface area contributed by atoms with Gasteiger partial charge in [-0.2, -0.15) is 0 Å². The van der Waals surface area contributed by atoms with Gasteiger partial charge in [-0.1, -0.05) is 41.6 Å². The number of nitrogens with one attached hydrogen (secondary N) is 1. The molecule has 0 spiro atoms. The zero-order valence-corrected chi connectivity index (χ0v) is 19.5. The van der Waals surface area contributed by atoms with Crippen LogP contribution in [0.25, 0.3) is 0 Å². The third-order valence-corrected chi connectivity index (χ3v) is 7.04. The fourth-order valence-corrected chi connectivity index (χ4v) is 5.39. The third kappa shape index (κ3) is 5.29. The van der Waals surface area contributed by atoms with E-state index in [2.05, 4.69) is 62.9 Å². The minimum atomic E-state index is -0.0229. The van der Waals surface area contributed by atoms with Crippen molar-refractivity contribution < 1.29 is 9.90 Å². The number of nitrogens with zero attached hydrogens (tertiary/aromatic N) is 5. The van der Waals surface area contributed by atoms with E-state index >= 15 is 0 Å². The Bertz CT molecular complexity index is 1120. The lowest BCUT2D eigenvalue weighted by Gasteiger charge is -2.49. The van der Waals surface area contributed by atoms with Crippen LogP contribution in [-0.2, 0) is 24.4 Å². The molecule has 4 heterocycles. The summed E-state index contributed by atoms with van der Waals surface area (Å²) in [6.07, 6.45) is 4.08. The Kier molecular flexibility index (Phi) is 6.60. The van der Waals surface area contributed by atoms with E-state index in [9.17, 15) is 9.90 Å². The maximum atomic E-state index is 12.9. The number of hydrogen-bond donors (Lipinski definition) is 2. The summed E-state index contributed by atoms with van der Waals surface area (Å²) in [6, 6.07) is 17.5. The van der Waals surface area contributed by atoms with E-state index in [1.165, 1.54) is 5.56 Å². The number of benzene rings is 2. The highest BCUT2D eigenvalue weighted by molar-refractivity contribution is 5.93. The second kappa shape index (κ2) is 9.95. The number of fused-ring (bicyclic) bond motifs is 3. The molecular formula is C26H32N6O2. The van der Waals surface area contributed by atoms with Crippen molar-refractivity contribution in [1.29, 1.82) is 0 Å². The van der Waals surface area contributed by atoms with Crippen molar-refractivity contribution in [3.63, 3.8) is 0 Å². The topological polar surface area (TPSA) is 86.5 Å². The standard InChI is InChI=1S/C26H32N6O2/c1-30(14-19-6-3-2-4-7-19)15-22-16-32(29-28-22)17-23-12-20-10-11-31(23)18-25(20)26(34)27-21-8-5-9-24(33)13-21/h2-9,13,16,20,23,25,33H,10-12,14-15,17-18H2,1H3,(H,27,34)/t20?,23-,25+/m1/s1. The first-order chi connectivity index (χ1) is 16.5. The number of carbonyl (C=O) groups excluding carboxylic acids is 1. The average molecular weight is 461 g/mol. The Morgan fingerprint density at radius 3 is 2.79 bits per heavy atom. The largest absolute Gasteiger partial charge is 0.508 e. The first-order valence-electron chi connectivity index (χ1n) is 12.0. The van der Waals surface area contributed by atoms with E-state index in [4.69, 9.17) is 0 Å². The van der Waals surface area contributed by atoms with Crippen molar-refractivity contribution in [2.75, 3.05) is 25.5 Å². The number of amides is 1. The quantitative estimate of drug-likeness (QED) is 0.538. The summed E-state index contributed by atoms with van der Waals surface area (Å²) in [5.41, 5.74) is 2.90. The van der Waals surface area contributed by atoms with Crippen molar-refractivity contribution in [2.24, 2.45) is 11.8 Å². The lowest BCUT2D eigenvalue weighted by atomic mass is 9.75. The van der Waals surface area contributed by atoms with E-state index in [0.29, 0.717) is 17.6 Å². The van der Waals surface area contributed by atoms with Crippen molar-refractivity contribution in [3.8, 4) is 5.75 Å². The van der Waals surface area contributed by atoms with Crippen LogP contribution in [0.3, 0.4) is 0 Å². The molecule has 3 saturated heterocycles. The molecule has 3 aliphatic rings. The number of phenolic OH excluding ortho intramolecular Hbond substituents is 1. The van der Waals surface area contributed by atoms with Gasteiger partial charge in [0, 0.05) is 43.6 Å². The summed E-state index contributed by atoms with van der Waals surface area (Å²) in [5, 5.41) is 21.4. The molecule has 2 aromatic carbocycles. The van der Waals surface area contributed by atoms with Gasteiger partial charge in [0.15, 0.2) is 0 Å². The second-order valence-corrected chi connectivity index (χ2v) is 9.67. The first-order valence-corrected chi connectivity index (χ1v) is 12.0. The molecule has 0 aliphatic carbocycles. The Morgan fingerprint density at radius 2 is 2.03 bits per heavy atom. The van der Waals surface area contributed by atoms with E-state index < -0.39 is 0 Å². The van der Waals surface area contributed by atoms with Gasteiger partial charge in [-0.3, -0.25) is 19.3 Å². The summed E-state index contributed by atoms with van der Waals surface area (Å²) in [7, 11) is 2.10. The van der Waals surface area contributed by atoms with E-state index in [-0.39, 0.29) is 17.6 Å². The van der Waals surface area contributed by atoms with E-state index in [1.54, 1.807) is 24.3 Å². The molecule has 3 fully saturated rings. The minimum absolute atomic E-state index is 0.0229. The number of phenols is 1. The first kappa shape index (κ1) is 22.6. The van der Waals surface area contributed by atoms with Crippen molar-refractivity contribution in [3.05, 3.63) is 72.1 Å². The highest BCUT2D eigenvalue weighted by Gasteiger charge is 2.43. The van der Waals surface area contributed by atoms with E-state index in [1.807, 2.05) is 10.7 Å². The highest BCUT2D eigenvalue weighted by Crippen LogP contribution is 2.37. The zero-order chi connectivity index (χ0) is 23.5. The predicted molar refractivity (Wildman–Crippen MR) is 130 cm³/mol. The van der Waals surface area contributed by atoms with Crippen LogP contribution in [0, 0.1) is 11.8 Å². The second-order valence-electron chi connectivity index (χ2n) is 9.67. The monoisotopic (exact) mass is 460 g/mol. The third-order valence-electron chi connectivity index (χ3n) is 7.04. The van der Waals surface area contributed by atoms with Gasteiger partial charge in [0.2, 0.25) is 5.91 Å². The summed E-state index contributed by atoms with van der Waals surface area (Å²) in [5.74, 6) is 0.547.